The van der Waals surface area contributed by atoms with Crippen LogP contribution in [0.4, 0.5) is 11.4 Å². The Hall–Kier alpha value is -2.50. The first-order valence-electron chi connectivity index (χ1n) is 8.27. The summed E-state index contributed by atoms with van der Waals surface area (Å²) in [5.74, 6) is -0.614. The van der Waals surface area contributed by atoms with Crippen molar-refractivity contribution >= 4 is 23.2 Å². The zero-order valence-electron chi connectivity index (χ0n) is 13.1. The number of aryl methyl sites for hydroxylation is 1. The van der Waals surface area contributed by atoms with Crippen molar-refractivity contribution in [1.82, 2.24) is 0 Å². The molecule has 0 aromatic heterocycles. The summed E-state index contributed by atoms with van der Waals surface area (Å²) in [7, 11) is 0. The lowest BCUT2D eigenvalue weighted by Gasteiger charge is -2.22. The molecule has 4 atom stereocenters. The van der Waals surface area contributed by atoms with Crippen LogP contribution in [0.5, 0.6) is 0 Å². The topological polar surface area (TPSA) is 80.5 Å². The predicted molar refractivity (Wildman–Crippen MR) is 85.1 cm³/mol. The van der Waals surface area contributed by atoms with E-state index in [2.05, 4.69) is 12.2 Å². The van der Waals surface area contributed by atoms with Gasteiger partial charge >= 0.3 is 0 Å². The molecule has 1 heterocycles. The molecule has 5 rings (SSSR count). The fraction of sp³-hybridized carbons (Fsp3) is 0.444. The van der Waals surface area contributed by atoms with Gasteiger partial charge in [0.1, 0.15) is 0 Å². The van der Waals surface area contributed by atoms with E-state index >= 15 is 0 Å². The van der Waals surface area contributed by atoms with Crippen molar-refractivity contribution in [2.75, 3.05) is 4.90 Å². The minimum absolute atomic E-state index is 0.104. The quantitative estimate of drug-likeness (QED) is 0.362. The van der Waals surface area contributed by atoms with Crippen molar-refractivity contribution < 1.29 is 14.5 Å². The molecule has 4 aliphatic rings. The molecule has 24 heavy (non-hydrogen) atoms. The number of nitrogens with zero attached hydrogens (tertiary/aromatic N) is 2. The maximum atomic E-state index is 13.0. The zero-order chi connectivity index (χ0) is 16.8. The van der Waals surface area contributed by atoms with Crippen molar-refractivity contribution in [3.05, 3.63) is 46.0 Å². The summed E-state index contributed by atoms with van der Waals surface area (Å²) in [6.07, 6.45) is 6.43. The first-order valence-corrected chi connectivity index (χ1v) is 8.27. The second-order valence-electron chi connectivity index (χ2n) is 7.46. The van der Waals surface area contributed by atoms with E-state index in [0.29, 0.717) is 11.3 Å². The summed E-state index contributed by atoms with van der Waals surface area (Å²) in [6.45, 7) is 1.77. The summed E-state index contributed by atoms with van der Waals surface area (Å²) in [4.78, 5) is 37.8. The van der Waals surface area contributed by atoms with Gasteiger partial charge in [0.2, 0.25) is 11.8 Å². The molecule has 0 radical (unpaired) electrons. The largest absolute Gasteiger partial charge is 0.274 e. The third kappa shape index (κ3) is 1.42. The van der Waals surface area contributed by atoms with Crippen LogP contribution >= 0.6 is 0 Å². The Kier molecular flexibility index (Phi) is 2.39. The summed E-state index contributed by atoms with van der Waals surface area (Å²) >= 11 is 0. The third-order valence-corrected chi connectivity index (χ3v) is 6.50. The van der Waals surface area contributed by atoms with Crippen molar-refractivity contribution in [2.45, 2.75) is 19.8 Å². The molecule has 6 heteroatoms. The molecular weight excluding hydrogens is 308 g/mol. The smallest absolute Gasteiger partial charge is 0.271 e. The van der Waals surface area contributed by atoms with Gasteiger partial charge in [-0.25, -0.2) is 4.90 Å². The fourth-order valence-corrected chi connectivity index (χ4v) is 5.27. The number of carbonyl (C=O) groups is 2. The van der Waals surface area contributed by atoms with E-state index in [0.717, 1.165) is 12.8 Å². The molecule has 2 bridgehead atoms. The summed E-state index contributed by atoms with van der Waals surface area (Å²) in [6, 6.07) is 4.33. The van der Waals surface area contributed by atoms with Crippen LogP contribution < -0.4 is 4.90 Å². The number of non-ortho nitro benzene ring substituents is 1. The fourth-order valence-electron chi connectivity index (χ4n) is 5.27. The normalized spacial score (nSPS) is 34.3. The number of fused-ring (bicyclic) bond motifs is 3. The van der Waals surface area contributed by atoms with Crippen molar-refractivity contribution in [3.8, 4) is 0 Å². The van der Waals surface area contributed by atoms with E-state index in [1.807, 2.05) is 0 Å². The monoisotopic (exact) mass is 324 g/mol. The molecule has 2 saturated carbocycles. The van der Waals surface area contributed by atoms with E-state index < -0.39 is 4.92 Å². The Morgan fingerprint density at radius 2 is 1.71 bits per heavy atom. The van der Waals surface area contributed by atoms with Crippen LogP contribution in [0, 0.1) is 46.1 Å². The van der Waals surface area contributed by atoms with Crippen molar-refractivity contribution in [3.63, 3.8) is 0 Å². The lowest BCUT2D eigenvalue weighted by atomic mass is 9.85. The van der Waals surface area contributed by atoms with Gasteiger partial charge in [0.05, 0.1) is 22.4 Å². The number of imide groups is 1. The van der Waals surface area contributed by atoms with Crippen LogP contribution in [0.15, 0.2) is 30.4 Å². The molecule has 1 aliphatic heterocycles. The number of hydrogen-bond acceptors (Lipinski definition) is 4. The molecule has 0 N–H and O–H groups in total. The van der Waals surface area contributed by atoms with E-state index in [1.165, 1.54) is 17.0 Å². The number of nitro groups is 1. The molecule has 122 valence electrons. The zero-order valence-corrected chi connectivity index (χ0v) is 13.1. The number of benzene rings is 1. The van der Waals surface area contributed by atoms with Gasteiger partial charge in [-0.2, -0.15) is 0 Å². The highest BCUT2D eigenvalue weighted by atomic mass is 16.6. The highest BCUT2D eigenvalue weighted by Gasteiger charge is 2.73. The molecule has 1 spiro atoms. The molecular formula is C18H16N2O4. The molecule has 6 nitrogen and oxygen atoms in total. The van der Waals surface area contributed by atoms with Gasteiger partial charge in [-0.15, -0.1) is 0 Å². The van der Waals surface area contributed by atoms with E-state index in [4.69, 9.17) is 0 Å². The summed E-state index contributed by atoms with van der Waals surface area (Å²) in [5, 5.41) is 11.1. The average molecular weight is 324 g/mol. The van der Waals surface area contributed by atoms with Gasteiger partial charge in [0.25, 0.3) is 5.69 Å². The Balaban J connectivity index is 1.59. The number of allylic oxidation sites excluding steroid dienone is 2. The van der Waals surface area contributed by atoms with E-state index in [-0.39, 0.29) is 46.6 Å². The molecule has 1 aromatic rings. The van der Waals surface area contributed by atoms with Crippen LogP contribution in [0.2, 0.25) is 0 Å². The van der Waals surface area contributed by atoms with Crippen LogP contribution in [-0.4, -0.2) is 16.7 Å². The molecule has 2 amide bonds. The van der Waals surface area contributed by atoms with Gasteiger partial charge in [0.15, 0.2) is 0 Å². The number of hydrogen-bond donors (Lipinski definition) is 0. The second kappa shape index (κ2) is 4.12. The minimum atomic E-state index is -0.501. The Morgan fingerprint density at radius 3 is 2.21 bits per heavy atom. The second-order valence-corrected chi connectivity index (χ2v) is 7.46. The van der Waals surface area contributed by atoms with Gasteiger partial charge in [0, 0.05) is 12.1 Å². The molecule has 3 fully saturated rings. The maximum absolute atomic E-state index is 13.0. The Bertz CT molecular complexity index is 821. The number of amides is 2. The summed E-state index contributed by atoms with van der Waals surface area (Å²) < 4.78 is 0. The molecule has 0 unspecified atom stereocenters. The molecule has 1 saturated heterocycles. The molecule has 1 aromatic carbocycles. The van der Waals surface area contributed by atoms with Crippen LogP contribution in [0.3, 0.4) is 0 Å². The van der Waals surface area contributed by atoms with E-state index in [9.17, 15) is 19.7 Å². The van der Waals surface area contributed by atoms with Gasteiger partial charge < -0.3 is 0 Å². The first-order chi connectivity index (χ1) is 11.5. The number of rotatable bonds is 2. The lowest BCUT2D eigenvalue weighted by molar-refractivity contribution is -0.384. The van der Waals surface area contributed by atoms with Crippen molar-refractivity contribution in [2.24, 2.45) is 29.1 Å². The minimum Gasteiger partial charge on any atom is -0.274 e. The Labute approximate surface area is 138 Å². The maximum Gasteiger partial charge on any atom is 0.271 e. The number of carbonyl (C=O) groups excluding carboxylic acids is 2. The average Bonchev–Trinajstić information content (AvgIpc) is 3.14. The van der Waals surface area contributed by atoms with Crippen LogP contribution in [0.25, 0.3) is 0 Å². The SMILES string of the molecule is Cc1ccc([N+](=O)[O-])cc1N1C(=O)[C@H]2[C@H](C1=O)[C@H]1C=C[C@H]2C12CC2. The third-order valence-electron chi connectivity index (χ3n) is 6.50. The standard InChI is InChI=1S/C18H16N2O4/c1-9-2-3-10(20(23)24)8-13(9)19-16(21)14-11-4-5-12(15(14)17(19)22)18(11)6-7-18/h2-5,8,11-12,14-15H,6-7H2,1H3/t11-,12-,14-,15-/m1/s1. The first kappa shape index (κ1) is 13.9. The highest BCUT2D eigenvalue weighted by Crippen LogP contribution is 2.73. The van der Waals surface area contributed by atoms with E-state index in [1.54, 1.807) is 13.0 Å². The number of nitro benzene ring substituents is 1. The molecule has 3 aliphatic carbocycles. The predicted octanol–water partition coefficient (Wildman–Crippen LogP) is 2.60. The van der Waals surface area contributed by atoms with Crippen molar-refractivity contribution in [1.29, 1.82) is 0 Å². The number of anilines is 1. The highest BCUT2D eigenvalue weighted by molar-refractivity contribution is 6.23. The summed E-state index contributed by atoms with van der Waals surface area (Å²) in [5.41, 5.74) is 1.11. The van der Waals surface area contributed by atoms with Crippen LogP contribution in [0.1, 0.15) is 18.4 Å². The van der Waals surface area contributed by atoms with Gasteiger partial charge in [-0.05, 0) is 42.6 Å². The lowest BCUT2D eigenvalue weighted by Crippen LogP contribution is -2.35. The van der Waals surface area contributed by atoms with Gasteiger partial charge in [-0.3, -0.25) is 19.7 Å². The Morgan fingerprint density at radius 1 is 1.12 bits per heavy atom. The van der Waals surface area contributed by atoms with Crippen LogP contribution in [-0.2, 0) is 9.59 Å². The van der Waals surface area contributed by atoms with Gasteiger partial charge in [-0.1, -0.05) is 18.2 Å².